The van der Waals surface area contributed by atoms with Crippen LogP contribution in [0.15, 0.2) is 82.4 Å². The van der Waals surface area contributed by atoms with Gasteiger partial charge in [-0.3, -0.25) is 14.5 Å². The Kier molecular flexibility index (Phi) is 7.80. The Morgan fingerprint density at radius 1 is 1.02 bits per heavy atom. The lowest BCUT2D eigenvalue weighted by atomic mass is 9.95. The summed E-state index contributed by atoms with van der Waals surface area (Å²) < 4.78 is 6.26. The van der Waals surface area contributed by atoms with Crippen LogP contribution in [-0.2, 0) is 10.5 Å². The highest BCUT2D eigenvalue weighted by molar-refractivity contribution is 8.00. The van der Waals surface area contributed by atoms with E-state index in [0.717, 1.165) is 5.01 Å². The van der Waals surface area contributed by atoms with Gasteiger partial charge in [-0.2, -0.15) is 0 Å². The molecule has 1 aliphatic rings. The molecule has 0 radical (unpaired) electrons. The normalized spacial score (nSPS) is 15.2. The van der Waals surface area contributed by atoms with Crippen molar-refractivity contribution in [2.45, 2.75) is 36.9 Å². The van der Waals surface area contributed by atoms with E-state index in [2.05, 4.69) is 39.4 Å². The lowest BCUT2D eigenvalue weighted by Crippen LogP contribution is -2.31. The molecule has 1 amide bonds. The number of amides is 1. The van der Waals surface area contributed by atoms with Gasteiger partial charge in [0.25, 0.3) is 5.91 Å². The van der Waals surface area contributed by atoms with Gasteiger partial charge in [-0.05, 0) is 54.8 Å². The molecule has 42 heavy (non-hydrogen) atoms. The molecule has 0 aliphatic carbocycles. The molecule has 0 saturated heterocycles. The molecule has 1 N–H and O–H groups in total. The number of thiazole rings is 1. The molecule has 8 nitrogen and oxygen atoms in total. The smallest absolute Gasteiger partial charge is 0.296 e. The zero-order valence-corrected chi connectivity index (χ0v) is 25.5. The van der Waals surface area contributed by atoms with Crippen molar-refractivity contribution in [2.75, 3.05) is 11.5 Å². The van der Waals surface area contributed by atoms with Crippen molar-refractivity contribution in [1.29, 1.82) is 0 Å². The number of nitrogens with zero attached hydrogens (tertiary/aromatic N) is 4. The Hall–Kier alpha value is -4.06. The monoisotopic (exact) mass is 614 g/mol. The number of aliphatic hydroxyl groups is 1. The number of hydrogen-bond donors (Lipinski definition) is 1. The van der Waals surface area contributed by atoms with E-state index in [9.17, 15) is 14.7 Å². The number of benzene rings is 3. The molecule has 0 bridgehead atoms. The van der Waals surface area contributed by atoms with Gasteiger partial charge in [0.2, 0.25) is 10.9 Å². The molecule has 6 rings (SSSR count). The Bertz CT molecular complexity index is 1840. The van der Waals surface area contributed by atoms with Gasteiger partial charge >= 0.3 is 0 Å². The molecule has 3 aromatic carbocycles. The maximum absolute atomic E-state index is 13.9. The van der Waals surface area contributed by atoms with Gasteiger partial charge in [-0.15, -0.1) is 21.5 Å². The molecule has 11 heteroatoms. The minimum Gasteiger partial charge on any atom is -0.503 e. The second-order valence-corrected chi connectivity index (χ2v) is 13.0. The molecule has 2 aromatic heterocycles. The Morgan fingerprint density at radius 3 is 2.52 bits per heavy atom. The van der Waals surface area contributed by atoms with E-state index in [4.69, 9.17) is 4.74 Å². The third kappa shape index (κ3) is 5.19. The third-order valence-corrected chi connectivity index (χ3v) is 10.1. The maximum Gasteiger partial charge on any atom is 0.296 e. The predicted molar refractivity (Wildman–Crippen MR) is 167 cm³/mol. The average Bonchev–Trinajstić information content (AvgIpc) is 3.67. The molecule has 1 atom stereocenters. The van der Waals surface area contributed by atoms with Crippen molar-refractivity contribution in [1.82, 2.24) is 15.2 Å². The first-order valence-electron chi connectivity index (χ1n) is 13.3. The second kappa shape index (κ2) is 11.7. The molecule has 1 aliphatic heterocycles. The summed E-state index contributed by atoms with van der Waals surface area (Å²) in [7, 11) is 0. The summed E-state index contributed by atoms with van der Waals surface area (Å²) in [5.41, 5.74) is 2.36. The van der Waals surface area contributed by atoms with Gasteiger partial charge < -0.3 is 9.84 Å². The molecule has 5 aromatic rings. The quantitative estimate of drug-likeness (QED) is 0.105. The summed E-state index contributed by atoms with van der Waals surface area (Å²) in [6.45, 7) is 5.97. The summed E-state index contributed by atoms with van der Waals surface area (Å²) in [5.74, 6) is -0.387. The number of thioether (sulfide) groups is 1. The average molecular weight is 615 g/mol. The van der Waals surface area contributed by atoms with E-state index in [1.165, 1.54) is 55.7 Å². The van der Waals surface area contributed by atoms with E-state index in [-0.39, 0.29) is 5.57 Å². The van der Waals surface area contributed by atoms with E-state index in [0.29, 0.717) is 43.7 Å². The predicted octanol–water partition coefficient (Wildman–Crippen LogP) is 7.24. The van der Waals surface area contributed by atoms with E-state index in [1.807, 2.05) is 32.0 Å². The minimum absolute atomic E-state index is 0.00364. The first kappa shape index (κ1) is 28.1. The van der Waals surface area contributed by atoms with Crippen LogP contribution < -0.4 is 9.64 Å². The molecule has 0 fully saturated rings. The molecule has 3 heterocycles. The summed E-state index contributed by atoms with van der Waals surface area (Å²) in [6, 6.07) is 20.7. The molecular weight excluding hydrogens is 589 g/mol. The summed E-state index contributed by atoms with van der Waals surface area (Å²) in [6.07, 6.45) is 0. The van der Waals surface area contributed by atoms with Gasteiger partial charge in [0, 0.05) is 5.75 Å². The maximum atomic E-state index is 13.9. The Labute approximate surface area is 254 Å². The standard InChI is InChI=1S/C31H26N4O4S3/c1-4-39-22-14-12-20(13-15-22)25-24(26(36)28-17(2)32-18(3)41-28)27(37)29(38)35(25)30-33-34-31(42-30)40-16-21-10-7-9-19-8-5-6-11-23(19)21/h5-15,25,37H,4,16H2,1-3H3. The van der Waals surface area contributed by atoms with Crippen LogP contribution in [0, 0.1) is 13.8 Å². The van der Waals surface area contributed by atoms with Gasteiger partial charge in [0.05, 0.1) is 33.8 Å². The van der Waals surface area contributed by atoms with Crippen molar-refractivity contribution in [3.63, 3.8) is 0 Å². The number of Topliss-reactive ketones (excluding diaryl/α,β-unsaturated/α-hetero) is 1. The van der Waals surface area contributed by atoms with Gasteiger partial charge in [-0.1, -0.05) is 77.7 Å². The van der Waals surface area contributed by atoms with E-state index >= 15 is 0 Å². The van der Waals surface area contributed by atoms with Crippen LogP contribution in [0.2, 0.25) is 0 Å². The van der Waals surface area contributed by atoms with Crippen LogP contribution >= 0.6 is 34.4 Å². The number of aromatic nitrogens is 3. The molecule has 0 saturated carbocycles. The lowest BCUT2D eigenvalue weighted by molar-refractivity contribution is -0.117. The summed E-state index contributed by atoms with van der Waals surface area (Å²) in [4.78, 5) is 33.6. The zero-order chi connectivity index (χ0) is 29.4. The highest BCUT2D eigenvalue weighted by Gasteiger charge is 2.46. The highest BCUT2D eigenvalue weighted by atomic mass is 32.2. The first-order valence-corrected chi connectivity index (χ1v) is 15.9. The number of anilines is 1. The number of fused-ring (bicyclic) bond motifs is 1. The fourth-order valence-electron chi connectivity index (χ4n) is 5.04. The largest absolute Gasteiger partial charge is 0.503 e. The van der Waals surface area contributed by atoms with Crippen molar-refractivity contribution in [3.05, 3.63) is 105 Å². The van der Waals surface area contributed by atoms with Crippen LogP contribution in [-0.4, -0.2) is 38.6 Å². The third-order valence-electron chi connectivity index (χ3n) is 6.90. The SMILES string of the molecule is CCOc1ccc(C2C(C(=O)c3sc(C)nc3C)=C(O)C(=O)N2c2nnc(SCc3cccc4ccccc34)s2)cc1. The number of aryl methyl sites for hydroxylation is 2. The zero-order valence-electron chi connectivity index (χ0n) is 23.0. The van der Waals surface area contributed by atoms with Gasteiger partial charge in [0.15, 0.2) is 10.1 Å². The second-order valence-electron chi connectivity index (χ2n) is 9.60. The number of carbonyl (C=O) groups excluding carboxylic acids is 2. The molecular formula is C31H26N4O4S3. The van der Waals surface area contributed by atoms with Crippen molar-refractivity contribution in [3.8, 4) is 5.75 Å². The first-order chi connectivity index (χ1) is 20.4. The number of carbonyl (C=O) groups is 2. The number of aliphatic hydroxyl groups excluding tert-OH is 1. The molecule has 212 valence electrons. The van der Waals surface area contributed by atoms with Crippen LogP contribution in [0.1, 0.15) is 44.5 Å². The Balaban J connectivity index is 1.34. The Morgan fingerprint density at radius 2 is 1.79 bits per heavy atom. The molecule has 1 unspecified atom stereocenters. The molecule has 0 spiro atoms. The van der Waals surface area contributed by atoms with Crippen molar-refractivity contribution >= 4 is 62.0 Å². The van der Waals surface area contributed by atoms with Gasteiger partial charge in [0.1, 0.15) is 5.75 Å². The highest BCUT2D eigenvalue weighted by Crippen LogP contribution is 2.45. The minimum atomic E-state index is -0.897. The number of hydrogen-bond acceptors (Lipinski definition) is 10. The summed E-state index contributed by atoms with van der Waals surface area (Å²) in [5, 5.41) is 23.2. The van der Waals surface area contributed by atoms with E-state index < -0.39 is 23.5 Å². The van der Waals surface area contributed by atoms with Crippen LogP contribution in [0.3, 0.4) is 0 Å². The summed E-state index contributed by atoms with van der Waals surface area (Å²) >= 11 is 4.01. The number of ether oxygens (including phenoxy) is 1. The van der Waals surface area contributed by atoms with Gasteiger partial charge in [-0.25, -0.2) is 4.98 Å². The van der Waals surface area contributed by atoms with Crippen LogP contribution in [0.5, 0.6) is 5.75 Å². The fourth-order valence-corrected chi connectivity index (χ4v) is 7.79. The van der Waals surface area contributed by atoms with Crippen LogP contribution in [0.25, 0.3) is 10.8 Å². The topological polar surface area (TPSA) is 106 Å². The van der Waals surface area contributed by atoms with Crippen molar-refractivity contribution < 1.29 is 19.4 Å². The lowest BCUT2D eigenvalue weighted by Gasteiger charge is -2.24. The number of ketones is 1. The number of rotatable bonds is 9. The van der Waals surface area contributed by atoms with Crippen molar-refractivity contribution in [2.24, 2.45) is 0 Å². The fraction of sp³-hybridized carbons (Fsp3) is 0.194. The van der Waals surface area contributed by atoms with Crippen LogP contribution in [0.4, 0.5) is 5.13 Å². The van der Waals surface area contributed by atoms with E-state index in [1.54, 1.807) is 31.2 Å².